The zero-order valence-electron chi connectivity index (χ0n) is 17.5. The Morgan fingerprint density at radius 1 is 1.13 bits per heavy atom. The summed E-state index contributed by atoms with van der Waals surface area (Å²) in [5.74, 6) is -0.442. The molecule has 0 spiro atoms. The Labute approximate surface area is 175 Å². The third-order valence-electron chi connectivity index (χ3n) is 5.31. The minimum absolute atomic E-state index is 0.0814. The number of carbonyl (C=O) groups excluding carboxylic acids is 1. The summed E-state index contributed by atoms with van der Waals surface area (Å²) in [5, 5.41) is 3.20. The Morgan fingerprint density at radius 3 is 2.43 bits per heavy atom. The summed E-state index contributed by atoms with van der Waals surface area (Å²) in [6, 6.07) is 9.47. The van der Waals surface area contributed by atoms with E-state index < -0.39 is 21.5 Å². The molecule has 0 aliphatic rings. The van der Waals surface area contributed by atoms with Gasteiger partial charge in [0.25, 0.3) is 5.91 Å². The van der Waals surface area contributed by atoms with E-state index in [-0.39, 0.29) is 17.0 Å². The van der Waals surface area contributed by atoms with Crippen molar-refractivity contribution in [3.8, 4) is 0 Å². The third kappa shape index (κ3) is 4.03. The number of benzene rings is 1. The van der Waals surface area contributed by atoms with Crippen LogP contribution in [0.3, 0.4) is 0 Å². The number of carbonyl (C=O) groups is 1. The molecule has 0 saturated heterocycles. The van der Waals surface area contributed by atoms with Crippen molar-refractivity contribution in [3.63, 3.8) is 0 Å². The van der Waals surface area contributed by atoms with Crippen molar-refractivity contribution in [1.29, 1.82) is 0 Å². The molecule has 1 aromatic carbocycles. The number of amides is 1. The van der Waals surface area contributed by atoms with Crippen LogP contribution < -0.4 is 10.9 Å². The largest absolute Gasteiger partial charge is 0.350 e. The Hall–Kier alpha value is -2.91. The monoisotopic (exact) mass is 430 g/mol. The smallest absolute Gasteiger partial charge is 0.252 e. The maximum atomic E-state index is 12.9. The molecule has 3 rings (SSSR count). The first-order chi connectivity index (χ1) is 14.2. The molecule has 9 heteroatoms. The van der Waals surface area contributed by atoms with Crippen LogP contribution in [0.25, 0.3) is 10.9 Å². The number of aromatic nitrogens is 2. The maximum absolute atomic E-state index is 12.9. The van der Waals surface area contributed by atoms with Crippen molar-refractivity contribution in [1.82, 2.24) is 19.2 Å². The Bertz CT molecular complexity index is 1250. The van der Waals surface area contributed by atoms with Gasteiger partial charge in [0, 0.05) is 48.5 Å². The highest BCUT2D eigenvalue weighted by Crippen LogP contribution is 2.23. The molecule has 0 aliphatic carbocycles. The van der Waals surface area contributed by atoms with Gasteiger partial charge in [-0.1, -0.05) is 13.8 Å². The van der Waals surface area contributed by atoms with Gasteiger partial charge in [0.15, 0.2) is 0 Å². The number of pyridine rings is 1. The number of rotatable bonds is 7. The van der Waals surface area contributed by atoms with E-state index in [1.54, 1.807) is 13.8 Å². The van der Waals surface area contributed by atoms with Crippen molar-refractivity contribution >= 4 is 26.8 Å². The van der Waals surface area contributed by atoms with Crippen LogP contribution in [0.15, 0.2) is 46.1 Å². The highest BCUT2D eigenvalue weighted by Gasteiger charge is 2.23. The molecule has 0 fully saturated rings. The molecule has 2 aromatic heterocycles. The molecule has 0 atom stereocenters. The molecule has 8 nitrogen and oxygen atoms in total. The van der Waals surface area contributed by atoms with E-state index in [1.807, 2.05) is 30.7 Å². The second-order valence-electron chi connectivity index (χ2n) is 7.05. The number of aryl methyl sites for hydroxylation is 1. The van der Waals surface area contributed by atoms with Gasteiger partial charge in [0.2, 0.25) is 15.6 Å². The van der Waals surface area contributed by atoms with Crippen LogP contribution in [-0.2, 0) is 23.6 Å². The predicted octanol–water partition coefficient (Wildman–Crippen LogP) is 2.14. The van der Waals surface area contributed by atoms with Crippen molar-refractivity contribution in [2.45, 2.75) is 32.2 Å². The third-order valence-corrected chi connectivity index (χ3v) is 7.36. The van der Waals surface area contributed by atoms with Crippen molar-refractivity contribution in [2.24, 2.45) is 7.05 Å². The molecule has 30 heavy (non-hydrogen) atoms. The summed E-state index contributed by atoms with van der Waals surface area (Å²) >= 11 is 0. The lowest BCUT2D eigenvalue weighted by Gasteiger charge is -2.19. The first-order valence-corrected chi connectivity index (χ1v) is 11.2. The van der Waals surface area contributed by atoms with Crippen molar-refractivity contribution in [2.75, 3.05) is 13.1 Å². The molecule has 0 unspecified atom stereocenters. The topological polar surface area (TPSA) is 104 Å². The number of sulfonamides is 1. The Balaban J connectivity index is 2.02. The van der Waals surface area contributed by atoms with E-state index in [0.29, 0.717) is 24.0 Å². The summed E-state index contributed by atoms with van der Waals surface area (Å²) < 4.78 is 29.1. The molecule has 3 aromatic rings. The highest BCUT2D eigenvalue weighted by atomic mass is 32.2. The van der Waals surface area contributed by atoms with Gasteiger partial charge in [0.1, 0.15) is 0 Å². The number of aromatic amines is 1. The fourth-order valence-electron chi connectivity index (χ4n) is 3.40. The second-order valence-corrected chi connectivity index (χ2v) is 8.99. The second kappa shape index (κ2) is 8.45. The van der Waals surface area contributed by atoms with E-state index in [1.165, 1.54) is 28.6 Å². The van der Waals surface area contributed by atoms with E-state index in [2.05, 4.69) is 10.3 Å². The van der Waals surface area contributed by atoms with Crippen LogP contribution in [0.1, 0.15) is 35.6 Å². The quantitative estimate of drug-likeness (QED) is 0.599. The van der Waals surface area contributed by atoms with Gasteiger partial charge in [-0.15, -0.1) is 0 Å². The molecule has 0 aliphatic heterocycles. The molecule has 0 radical (unpaired) electrons. The average molecular weight is 431 g/mol. The zero-order valence-corrected chi connectivity index (χ0v) is 18.3. The lowest BCUT2D eigenvalue weighted by atomic mass is 10.1. The van der Waals surface area contributed by atoms with Gasteiger partial charge in [-0.3, -0.25) is 9.59 Å². The van der Waals surface area contributed by atoms with Crippen LogP contribution in [0.4, 0.5) is 0 Å². The number of hydrogen-bond acceptors (Lipinski definition) is 4. The molecule has 1 amide bonds. The summed E-state index contributed by atoms with van der Waals surface area (Å²) in [7, 11) is -1.79. The van der Waals surface area contributed by atoms with Gasteiger partial charge in [0.05, 0.1) is 17.0 Å². The van der Waals surface area contributed by atoms with Crippen LogP contribution in [0.2, 0.25) is 0 Å². The number of hydrogen-bond donors (Lipinski definition) is 2. The summed E-state index contributed by atoms with van der Waals surface area (Å²) in [6.45, 7) is 6.47. The summed E-state index contributed by atoms with van der Waals surface area (Å²) in [5.41, 5.74) is 2.09. The van der Waals surface area contributed by atoms with Crippen LogP contribution >= 0.6 is 0 Å². The van der Waals surface area contributed by atoms with E-state index in [9.17, 15) is 18.0 Å². The standard InChI is InChI=1S/C21H26N4O4S/c1-5-25(6-2)30(28,29)16-9-10-19-17(11-16)18(12-20(26)23-19)21(27)22-13-15-8-7-14(3)24(15)4/h7-12H,5-6,13H2,1-4H3,(H,22,27)(H,23,26). The molecule has 160 valence electrons. The molecular weight excluding hydrogens is 404 g/mol. The Morgan fingerprint density at radius 2 is 1.83 bits per heavy atom. The number of H-pyrrole nitrogens is 1. The van der Waals surface area contributed by atoms with E-state index in [4.69, 9.17) is 0 Å². The number of nitrogens with zero attached hydrogens (tertiary/aromatic N) is 2. The van der Waals surface area contributed by atoms with E-state index >= 15 is 0 Å². The molecule has 0 saturated carbocycles. The summed E-state index contributed by atoms with van der Waals surface area (Å²) in [6.07, 6.45) is 0. The lowest BCUT2D eigenvalue weighted by Crippen LogP contribution is -2.30. The number of fused-ring (bicyclic) bond motifs is 1. The Kier molecular flexibility index (Phi) is 6.14. The highest BCUT2D eigenvalue weighted by molar-refractivity contribution is 7.89. The molecule has 2 N–H and O–H groups in total. The SMILES string of the molecule is CCN(CC)S(=O)(=O)c1ccc2[nH]c(=O)cc(C(=O)NCc3ccc(C)n3C)c2c1. The van der Waals surface area contributed by atoms with Gasteiger partial charge in [-0.2, -0.15) is 4.31 Å². The first kappa shape index (κ1) is 21.8. The lowest BCUT2D eigenvalue weighted by molar-refractivity contribution is 0.0951. The molecule has 0 bridgehead atoms. The average Bonchev–Trinajstić information content (AvgIpc) is 3.03. The minimum Gasteiger partial charge on any atom is -0.350 e. The first-order valence-electron chi connectivity index (χ1n) is 9.75. The number of nitrogens with one attached hydrogen (secondary N) is 2. The van der Waals surface area contributed by atoms with Crippen LogP contribution in [0.5, 0.6) is 0 Å². The van der Waals surface area contributed by atoms with Gasteiger partial charge in [-0.05, 0) is 37.3 Å². The molecular formula is C21H26N4O4S. The maximum Gasteiger partial charge on any atom is 0.252 e. The van der Waals surface area contributed by atoms with Crippen molar-refractivity contribution in [3.05, 3.63) is 63.7 Å². The predicted molar refractivity (Wildman–Crippen MR) is 116 cm³/mol. The van der Waals surface area contributed by atoms with Crippen molar-refractivity contribution < 1.29 is 13.2 Å². The van der Waals surface area contributed by atoms with Crippen LogP contribution in [-0.4, -0.2) is 41.3 Å². The molecule has 2 heterocycles. The summed E-state index contributed by atoms with van der Waals surface area (Å²) in [4.78, 5) is 27.7. The zero-order chi connectivity index (χ0) is 22.1. The minimum atomic E-state index is -3.70. The van der Waals surface area contributed by atoms with Gasteiger partial charge >= 0.3 is 0 Å². The van der Waals surface area contributed by atoms with E-state index in [0.717, 1.165) is 11.4 Å². The van der Waals surface area contributed by atoms with Gasteiger partial charge < -0.3 is 14.9 Å². The van der Waals surface area contributed by atoms with Gasteiger partial charge in [-0.25, -0.2) is 8.42 Å². The van der Waals surface area contributed by atoms with Crippen LogP contribution in [0, 0.1) is 6.92 Å². The normalized spacial score (nSPS) is 11.9. The fourth-order valence-corrected chi connectivity index (χ4v) is 4.89. The fraction of sp³-hybridized carbons (Fsp3) is 0.333.